The summed E-state index contributed by atoms with van der Waals surface area (Å²) in [5.41, 5.74) is 1.32. The van der Waals surface area contributed by atoms with Gasteiger partial charge in [0.1, 0.15) is 6.10 Å². The smallest absolute Gasteiger partial charge is 0.170 e. The van der Waals surface area contributed by atoms with Crippen molar-refractivity contribution in [1.82, 2.24) is 4.98 Å². The van der Waals surface area contributed by atoms with Crippen molar-refractivity contribution in [2.24, 2.45) is 0 Å². The first-order chi connectivity index (χ1) is 7.72. The minimum atomic E-state index is -1.41. The highest BCUT2D eigenvalue weighted by Crippen LogP contribution is 2.21. The van der Waals surface area contributed by atoms with Gasteiger partial charge in [-0.2, -0.15) is 5.26 Å². The van der Waals surface area contributed by atoms with Gasteiger partial charge in [-0.3, -0.25) is 4.98 Å². The molecule has 2 unspecified atom stereocenters. The molecule has 4 nitrogen and oxygen atoms in total. The van der Waals surface area contributed by atoms with Crippen molar-refractivity contribution in [2.75, 3.05) is 0 Å². The van der Waals surface area contributed by atoms with Crippen molar-refractivity contribution in [1.29, 1.82) is 5.26 Å². The molecule has 0 radical (unpaired) electrons. The van der Waals surface area contributed by atoms with Crippen LogP contribution in [-0.4, -0.2) is 21.3 Å². The van der Waals surface area contributed by atoms with Gasteiger partial charge in [0.25, 0.3) is 0 Å². The molecule has 80 valence electrons. The molecule has 0 aliphatic heterocycles. The maximum absolute atomic E-state index is 9.66. The third-order valence-electron chi connectivity index (χ3n) is 2.40. The highest BCUT2D eigenvalue weighted by atomic mass is 16.3. The van der Waals surface area contributed by atoms with E-state index < -0.39 is 12.2 Å². The van der Waals surface area contributed by atoms with Crippen LogP contribution in [0.15, 0.2) is 36.5 Å². The van der Waals surface area contributed by atoms with Gasteiger partial charge < -0.3 is 10.2 Å². The van der Waals surface area contributed by atoms with Crippen LogP contribution in [0.1, 0.15) is 11.7 Å². The second kappa shape index (κ2) is 4.27. The van der Waals surface area contributed by atoms with E-state index in [1.165, 1.54) is 0 Å². The third kappa shape index (κ3) is 1.87. The number of aromatic nitrogens is 1. The van der Waals surface area contributed by atoms with Crippen LogP contribution >= 0.6 is 0 Å². The molecule has 2 atom stereocenters. The molecule has 2 rings (SSSR count). The first kappa shape index (κ1) is 10.6. The van der Waals surface area contributed by atoms with E-state index >= 15 is 0 Å². The average molecular weight is 214 g/mol. The Morgan fingerprint density at radius 1 is 1.25 bits per heavy atom. The van der Waals surface area contributed by atoms with E-state index in [4.69, 9.17) is 5.26 Å². The predicted molar refractivity (Wildman–Crippen MR) is 58.3 cm³/mol. The van der Waals surface area contributed by atoms with E-state index in [1.54, 1.807) is 36.5 Å². The van der Waals surface area contributed by atoms with Crippen LogP contribution in [0.2, 0.25) is 0 Å². The number of rotatable bonds is 2. The molecule has 0 aliphatic carbocycles. The standard InChI is InChI=1S/C12H10N2O2/c13-7-11(15)12(16)9-3-4-10-8(6-9)2-1-5-14-10/h1-6,11-12,15-16H. The van der Waals surface area contributed by atoms with Crippen LogP contribution in [0.25, 0.3) is 10.9 Å². The van der Waals surface area contributed by atoms with Crippen LogP contribution in [-0.2, 0) is 0 Å². The maximum atomic E-state index is 9.66. The molecule has 2 aromatic rings. The summed E-state index contributed by atoms with van der Waals surface area (Å²) < 4.78 is 0. The normalized spacial score (nSPS) is 14.3. The predicted octanol–water partition coefficient (Wildman–Crippen LogP) is 1.15. The van der Waals surface area contributed by atoms with Crippen molar-refractivity contribution in [3.05, 3.63) is 42.1 Å². The molecular weight excluding hydrogens is 204 g/mol. The number of hydrogen-bond acceptors (Lipinski definition) is 4. The number of aliphatic hydroxyl groups excluding tert-OH is 2. The molecule has 0 spiro atoms. The minimum Gasteiger partial charge on any atom is -0.385 e. The minimum absolute atomic E-state index is 0.509. The summed E-state index contributed by atoms with van der Waals surface area (Å²) in [5, 5.41) is 28.3. The molecule has 16 heavy (non-hydrogen) atoms. The van der Waals surface area contributed by atoms with Crippen molar-refractivity contribution < 1.29 is 10.2 Å². The van der Waals surface area contributed by atoms with E-state index in [-0.39, 0.29) is 0 Å². The molecular formula is C12H10N2O2. The average Bonchev–Trinajstić information content (AvgIpc) is 2.36. The lowest BCUT2D eigenvalue weighted by Crippen LogP contribution is -2.15. The summed E-state index contributed by atoms with van der Waals surface area (Å²) >= 11 is 0. The van der Waals surface area contributed by atoms with Crippen LogP contribution < -0.4 is 0 Å². The maximum Gasteiger partial charge on any atom is 0.170 e. The van der Waals surface area contributed by atoms with Gasteiger partial charge in [-0.15, -0.1) is 0 Å². The van der Waals surface area contributed by atoms with Gasteiger partial charge in [0, 0.05) is 11.6 Å². The fraction of sp³-hybridized carbons (Fsp3) is 0.167. The Morgan fingerprint density at radius 3 is 2.81 bits per heavy atom. The summed E-state index contributed by atoms with van der Waals surface area (Å²) in [6.45, 7) is 0. The van der Waals surface area contributed by atoms with Gasteiger partial charge in [0.15, 0.2) is 6.10 Å². The number of benzene rings is 1. The van der Waals surface area contributed by atoms with Gasteiger partial charge in [-0.1, -0.05) is 12.1 Å². The van der Waals surface area contributed by atoms with Crippen molar-refractivity contribution in [3.8, 4) is 6.07 Å². The lowest BCUT2D eigenvalue weighted by molar-refractivity contribution is 0.0529. The van der Waals surface area contributed by atoms with Gasteiger partial charge in [0.2, 0.25) is 0 Å². The lowest BCUT2D eigenvalue weighted by atomic mass is 10.0. The van der Waals surface area contributed by atoms with E-state index in [0.717, 1.165) is 10.9 Å². The van der Waals surface area contributed by atoms with E-state index in [2.05, 4.69) is 4.98 Å². The third-order valence-corrected chi connectivity index (χ3v) is 2.40. The summed E-state index contributed by atoms with van der Waals surface area (Å²) in [6, 6.07) is 10.4. The summed E-state index contributed by atoms with van der Waals surface area (Å²) in [4.78, 5) is 4.14. The fourth-order valence-corrected chi connectivity index (χ4v) is 1.53. The zero-order valence-corrected chi connectivity index (χ0v) is 8.41. The molecule has 1 heterocycles. The Kier molecular flexibility index (Phi) is 2.82. The van der Waals surface area contributed by atoms with Crippen LogP contribution in [0.5, 0.6) is 0 Å². The van der Waals surface area contributed by atoms with Crippen molar-refractivity contribution in [2.45, 2.75) is 12.2 Å². The summed E-state index contributed by atoms with van der Waals surface area (Å²) in [7, 11) is 0. The summed E-state index contributed by atoms with van der Waals surface area (Å²) in [5.74, 6) is 0. The number of pyridine rings is 1. The topological polar surface area (TPSA) is 77.1 Å². The van der Waals surface area contributed by atoms with Crippen LogP contribution in [0.4, 0.5) is 0 Å². The molecule has 0 amide bonds. The largest absolute Gasteiger partial charge is 0.385 e. The van der Waals surface area contributed by atoms with Crippen molar-refractivity contribution >= 4 is 10.9 Å². The van der Waals surface area contributed by atoms with Gasteiger partial charge in [-0.25, -0.2) is 0 Å². The van der Waals surface area contributed by atoms with Gasteiger partial charge in [-0.05, 0) is 23.8 Å². The highest BCUT2D eigenvalue weighted by Gasteiger charge is 2.17. The SMILES string of the molecule is N#CC(O)C(O)c1ccc2ncccc2c1. The van der Waals surface area contributed by atoms with Gasteiger partial charge >= 0.3 is 0 Å². The molecule has 4 heteroatoms. The number of aliphatic hydroxyl groups is 2. The number of hydrogen-bond donors (Lipinski definition) is 2. The van der Waals surface area contributed by atoms with E-state index in [9.17, 15) is 10.2 Å². The zero-order chi connectivity index (χ0) is 11.5. The first-order valence-corrected chi connectivity index (χ1v) is 4.83. The molecule has 1 aromatic heterocycles. The molecule has 0 fully saturated rings. The Morgan fingerprint density at radius 2 is 2.06 bits per heavy atom. The quantitative estimate of drug-likeness (QED) is 0.735. The molecule has 0 aliphatic rings. The number of nitrogens with zero attached hydrogens (tertiary/aromatic N) is 2. The Bertz CT molecular complexity index is 548. The second-order valence-corrected chi connectivity index (χ2v) is 3.47. The first-order valence-electron chi connectivity index (χ1n) is 4.83. The Labute approximate surface area is 92.4 Å². The van der Waals surface area contributed by atoms with Crippen LogP contribution in [0, 0.1) is 11.3 Å². The monoisotopic (exact) mass is 214 g/mol. The molecule has 2 N–H and O–H groups in total. The molecule has 0 saturated heterocycles. The fourth-order valence-electron chi connectivity index (χ4n) is 1.53. The summed E-state index contributed by atoms with van der Waals surface area (Å²) in [6.07, 6.45) is -0.911. The van der Waals surface area contributed by atoms with Gasteiger partial charge in [0.05, 0.1) is 11.6 Å². The number of fused-ring (bicyclic) bond motifs is 1. The number of nitriles is 1. The molecule has 0 saturated carbocycles. The van der Waals surface area contributed by atoms with Crippen LogP contribution in [0.3, 0.4) is 0 Å². The lowest BCUT2D eigenvalue weighted by Gasteiger charge is -2.12. The van der Waals surface area contributed by atoms with E-state index in [1.807, 2.05) is 6.07 Å². The van der Waals surface area contributed by atoms with Crippen molar-refractivity contribution in [3.63, 3.8) is 0 Å². The highest BCUT2D eigenvalue weighted by molar-refractivity contribution is 5.79. The van der Waals surface area contributed by atoms with E-state index in [0.29, 0.717) is 5.56 Å². The molecule has 0 bridgehead atoms. The molecule has 1 aromatic carbocycles. The Hall–Kier alpha value is -1.96. The Balaban J connectivity index is 2.44. The second-order valence-electron chi connectivity index (χ2n) is 3.47. The zero-order valence-electron chi connectivity index (χ0n) is 8.41.